The second kappa shape index (κ2) is 9.85. The monoisotopic (exact) mass is 431 g/mol. The predicted octanol–water partition coefficient (Wildman–Crippen LogP) is 3.23. The molecule has 0 fully saturated rings. The summed E-state index contributed by atoms with van der Waals surface area (Å²) in [4.78, 5) is 37.0. The molecule has 31 heavy (non-hydrogen) atoms. The quantitative estimate of drug-likeness (QED) is 0.594. The summed E-state index contributed by atoms with van der Waals surface area (Å²) in [7, 11) is 1.89. The smallest absolute Gasteiger partial charge is 0.408 e. The van der Waals surface area contributed by atoms with Crippen molar-refractivity contribution < 1.29 is 24.2 Å². The molecule has 1 heterocycles. The van der Waals surface area contributed by atoms with E-state index in [9.17, 15) is 19.5 Å². The number of ether oxygens (including phenoxy) is 1. The summed E-state index contributed by atoms with van der Waals surface area (Å²) in [6, 6.07) is 5.66. The molecule has 1 aromatic heterocycles. The number of nitrogens with zero attached hydrogens (tertiary/aromatic N) is 1. The second-order valence-electron chi connectivity index (χ2n) is 9.21. The fraction of sp³-hybridized carbons (Fsp3) is 0.522. The number of amides is 2. The van der Waals surface area contributed by atoms with Crippen LogP contribution >= 0.6 is 0 Å². The van der Waals surface area contributed by atoms with Gasteiger partial charge in [0, 0.05) is 30.6 Å². The lowest BCUT2D eigenvalue weighted by atomic mass is 10.0. The van der Waals surface area contributed by atoms with Crippen molar-refractivity contribution in [1.29, 1.82) is 0 Å². The Labute approximate surface area is 182 Å². The third-order valence-electron chi connectivity index (χ3n) is 4.73. The van der Waals surface area contributed by atoms with E-state index in [1.807, 2.05) is 55.9 Å². The van der Waals surface area contributed by atoms with Gasteiger partial charge in [0.15, 0.2) is 0 Å². The maximum absolute atomic E-state index is 12.9. The van der Waals surface area contributed by atoms with Gasteiger partial charge in [-0.3, -0.25) is 4.79 Å². The van der Waals surface area contributed by atoms with Crippen LogP contribution in [0.2, 0.25) is 0 Å². The third-order valence-corrected chi connectivity index (χ3v) is 4.73. The molecule has 8 heteroatoms. The molecule has 0 unspecified atom stereocenters. The van der Waals surface area contributed by atoms with Gasteiger partial charge in [-0.05, 0) is 44.7 Å². The molecule has 2 atom stereocenters. The maximum atomic E-state index is 12.9. The number of carbonyl (C=O) groups excluding carboxylic acids is 2. The number of rotatable bonds is 8. The van der Waals surface area contributed by atoms with Crippen LogP contribution in [0.1, 0.15) is 46.6 Å². The zero-order valence-corrected chi connectivity index (χ0v) is 19.1. The average Bonchev–Trinajstić information content (AvgIpc) is 2.94. The fourth-order valence-electron chi connectivity index (χ4n) is 3.43. The van der Waals surface area contributed by atoms with Crippen LogP contribution in [-0.2, 0) is 27.8 Å². The van der Waals surface area contributed by atoms with E-state index < -0.39 is 35.7 Å². The first kappa shape index (κ1) is 24.2. The van der Waals surface area contributed by atoms with Crippen molar-refractivity contribution in [2.75, 3.05) is 0 Å². The molecule has 2 aromatic rings. The highest BCUT2D eigenvalue weighted by Crippen LogP contribution is 2.21. The standard InChI is InChI=1S/C23H33N3O5/c1-14(2)11-17(25-22(30)31-23(3,4)5)20(27)24-18(21(28)29)12-15-13-26(6)19-10-8-7-9-16(15)19/h7-10,13-14,17-18H,11-12H2,1-6H3,(H,24,27)(H,25,30)(H,28,29)/t17-,18+/m0/s1. The Morgan fingerprint density at radius 2 is 1.74 bits per heavy atom. The number of hydrogen-bond donors (Lipinski definition) is 3. The minimum Gasteiger partial charge on any atom is -0.480 e. The molecule has 170 valence electrons. The summed E-state index contributed by atoms with van der Waals surface area (Å²) in [5.41, 5.74) is 1.10. The van der Waals surface area contributed by atoms with Crippen molar-refractivity contribution in [3.8, 4) is 0 Å². The van der Waals surface area contributed by atoms with Gasteiger partial charge in [-0.15, -0.1) is 0 Å². The number of aliphatic carboxylic acids is 1. The van der Waals surface area contributed by atoms with Gasteiger partial charge in [0.05, 0.1) is 0 Å². The van der Waals surface area contributed by atoms with E-state index in [0.717, 1.165) is 16.5 Å². The van der Waals surface area contributed by atoms with Crippen molar-refractivity contribution in [2.24, 2.45) is 13.0 Å². The molecule has 0 saturated carbocycles. The number of nitrogens with one attached hydrogen (secondary N) is 2. The van der Waals surface area contributed by atoms with Gasteiger partial charge < -0.3 is 25.0 Å². The van der Waals surface area contributed by atoms with E-state index in [2.05, 4.69) is 10.6 Å². The van der Waals surface area contributed by atoms with Gasteiger partial charge in [-0.25, -0.2) is 9.59 Å². The number of aryl methyl sites for hydroxylation is 1. The molecule has 0 aliphatic rings. The molecular formula is C23H33N3O5. The summed E-state index contributed by atoms with van der Waals surface area (Å²) >= 11 is 0. The molecule has 0 radical (unpaired) electrons. The number of carboxylic acid groups (broad SMARTS) is 1. The highest BCUT2D eigenvalue weighted by molar-refractivity contribution is 5.90. The first-order valence-corrected chi connectivity index (χ1v) is 10.4. The molecule has 8 nitrogen and oxygen atoms in total. The van der Waals surface area contributed by atoms with Crippen LogP contribution in [0.5, 0.6) is 0 Å². The van der Waals surface area contributed by atoms with Gasteiger partial charge in [-0.1, -0.05) is 32.0 Å². The lowest BCUT2D eigenvalue weighted by molar-refractivity contribution is -0.142. The lowest BCUT2D eigenvalue weighted by Gasteiger charge is -2.25. The number of para-hydroxylation sites is 1. The Kier molecular flexibility index (Phi) is 7.70. The molecule has 2 amide bonds. The normalized spacial score (nSPS) is 13.6. The molecule has 0 saturated heterocycles. The third kappa shape index (κ3) is 7.01. The number of aromatic nitrogens is 1. The summed E-state index contributed by atoms with van der Waals surface area (Å²) in [5.74, 6) is -1.58. The van der Waals surface area contributed by atoms with E-state index >= 15 is 0 Å². The Morgan fingerprint density at radius 3 is 2.32 bits per heavy atom. The van der Waals surface area contributed by atoms with Crippen molar-refractivity contribution in [3.63, 3.8) is 0 Å². The Bertz CT molecular complexity index is 942. The van der Waals surface area contributed by atoms with Gasteiger partial charge in [0.1, 0.15) is 17.7 Å². The number of alkyl carbamates (subject to hydrolysis) is 1. The average molecular weight is 432 g/mol. The number of hydrogen-bond acceptors (Lipinski definition) is 4. The fourth-order valence-corrected chi connectivity index (χ4v) is 3.43. The SMILES string of the molecule is CC(C)C[C@H](NC(=O)OC(C)(C)C)C(=O)N[C@H](Cc1cn(C)c2ccccc12)C(=O)O. The molecule has 2 rings (SSSR count). The highest BCUT2D eigenvalue weighted by atomic mass is 16.6. The minimum atomic E-state index is -1.14. The van der Waals surface area contributed by atoms with E-state index in [-0.39, 0.29) is 12.3 Å². The van der Waals surface area contributed by atoms with E-state index in [0.29, 0.717) is 6.42 Å². The van der Waals surface area contributed by atoms with Crippen molar-refractivity contribution in [1.82, 2.24) is 15.2 Å². The summed E-state index contributed by atoms with van der Waals surface area (Å²) in [6.45, 7) is 9.03. The Hall–Kier alpha value is -3.03. The van der Waals surface area contributed by atoms with Crippen LogP contribution in [0.4, 0.5) is 4.79 Å². The molecule has 0 bridgehead atoms. The summed E-state index contributed by atoms with van der Waals surface area (Å²) < 4.78 is 7.18. The second-order valence-corrected chi connectivity index (χ2v) is 9.21. The van der Waals surface area contributed by atoms with E-state index in [4.69, 9.17) is 4.74 Å². The van der Waals surface area contributed by atoms with Crippen LogP contribution in [0.3, 0.4) is 0 Å². The lowest BCUT2D eigenvalue weighted by Crippen LogP contribution is -2.53. The van der Waals surface area contributed by atoms with Gasteiger partial charge >= 0.3 is 12.1 Å². The van der Waals surface area contributed by atoms with E-state index in [1.165, 1.54) is 0 Å². The molecule has 0 aliphatic carbocycles. The minimum absolute atomic E-state index is 0.104. The largest absolute Gasteiger partial charge is 0.480 e. The highest BCUT2D eigenvalue weighted by Gasteiger charge is 2.29. The molecule has 0 spiro atoms. The summed E-state index contributed by atoms with van der Waals surface area (Å²) in [6.07, 6.45) is 1.64. The van der Waals surface area contributed by atoms with Crippen molar-refractivity contribution in [2.45, 2.75) is 65.1 Å². The Balaban J connectivity index is 2.17. The summed E-state index contributed by atoms with van der Waals surface area (Å²) in [5, 5.41) is 15.8. The van der Waals surface area contributed by atoms with Crippen LogP contribution in [0, 0.1) is 5.92 Å². The van der Waals surface area contributed by atoms with Gasteiger partial charge in [-0.2, -0.15) is 0 Å². The molecule has 0 aliphatic heterocycles. The number of carboxylic acids is 1. The van der Waals surface area contributed by atoms with Crippen LogP contribution in [0.15, 0.2) is 30.5 Å². The first-order chi connectivity index (χ1) is 14.4. The number of fused-ring (bicyclic) bond motifs is 1. The molecule has 1 aromatic carbocycles. The molecular weight excluding hydrogens is 398 g/mol. The number of benzene rings is 1. The van der Waals surface area contributed by atoms with Crippen molar-refractivity contribution in [3.05, 3.63) is 36.0 Å². The van der Waals surface area contributed by atoms with Crippen molar-refractivity contribution >= 4 is 28.9 Å². The van der Waals surface area contributed by atoms with Crippen LogP contribution < -0.4 is 10.6 Å². The zero-order valence-electron chi connectivity index (χ0n) is 19.1. The van der Waals surface area contributed by atoms with Gasteiger partial charge in [0.2, 0.25) is 5.91 Å². The topological polar surface area (TPSA) is 110 Å². The molecule has 3 N–H and O–H groups in total. The number of carbonyl (C=O) groups is 3. The van der Waals surface area contributed by atoms with E-state index in [1.54, 1.807) is 20.8 Å². The predicted molar refractivity (Wildman–Crippen MR) is 119 cm³/mol. The first-order valence-electron chi connectivity index (χ1n) is 10.4. The van der Waals surface area contributed by atoms with Gasteiger partial charge in [0.25, 0.3) is 0 Å². The van der Waals surface area contributed by atoms with Crippen LogP contribution in [-0.4, -0.2) is 45.3 Å². The Morgan fingerprint density at radius 1 is 1.10 bits per heavy atom. The maximum Gasteiger partial charge on any atom is 0.408 e. The zero-order chi connectivity index (χ0) is 23.3. The van der Waals surface area contributed by atoms with Crippen LogP contribution in [0.25, 0.3) is 10.9 Å².